The van der Waals surface area contributed by atoms with E-state index in [9.17, 15) is 0 Å². The molecule has 0 aliphatic carbocycles. The molecule has 2 nitrogen and oxygen atoms in total. The van der Waals surface area contributed by atoms with Crippen molar-refractivity contribution >= 4 is 32.7 Å². The summed E-state index contributed by atoms with van der Waals surface area (Å²) < 4.78 is 13.2. The summed E-state index contributed by atoms with van der Waals surface area (Å²) in [4.78, 5) is 0. The highest BCUT2D eigenvalue weighted by atomic mass is 16.3. The first kappa shape index (κ1) is 22.6. The van der Waals surface area contributed by atoms with E-state index in [2.05, 4.69) is 127 Å². The quantitative estimate of drug-likeness (QED) is 0.234. The minimum atomic E-state index is 0.863. The summed E-state index contributed by atoms with van der Waals surface area (Å²) in [5, 5.41) is 4.39. The third-order valence-corrected chi connectivity index (χ3v) is 7.70. The second-order valence-corrected chi connectivity index (χ2v) is 10.1. The van der Waals surface area contributed by atoms with Gasteiger partial charge < -0.3 is 8.83 Å². The van der Waals surface area contributed by atoms with Crippen LogP contribution in [0.5, 0.6) is 0 Å². The lowest BCUT2D eigenvalue weighted by atomic mass is 9.92. The van der Waals surface area contributed by atoms with Crippen LogP contribution in [0, 0.1) is 0 Å². The van der Waals surface area contributed by atoms with Crippen LogP contribution in [-0.2, 0) is 0 Å². The predicted molar refractivity (Wildman–Crippen MR) is 165 cm³/mol. The van der Waals surface area contributed by atoms with Crippen molar-refractivity contribution in [2.45, 2.75) is 0 Å². The second-order valence-electron chi connectivity index (χ2n) is 10.1. The van der Waals surface area contributed by atoms with E-state index < -0.39 is 0 Å². The Morgan fingerprint density at radius 3 is 1.73 bits per heavy atom. The van der Waals surface area contributed by atoms with E-state index in [0.29, 0.717) is 0 Å². The Hall–Kier alpha value is -5.34. The topological polar surface area (TPSA) is 26.3 Å². The molecule has 8 rings (SSSR count). The lowest BCUT2D eigenvalue weighted by molar-refractivity contribution is 0.602. The third-order valence-electron chi connectivity index (χ3n) is 7.70. The third kappa shape index (κ3) is 3.58. The largest absolute Gasteiger partial charge is 0.456 e. The smallest absolute Gasteiger partial charge is 0.143 e. The normalized spacial score (nSPS) is 11.5. The van der Waals surface area contributed by atoms with E-state index in [0.717, 1.165) is 72.0 Å². The molecule has 0 saturated heterocycles. The van der Waals surface area contributed by atoms with Crippen molar-refractivity contribution < 1.29 is 8.83 Å². The van der Waals surface area contributed by atoms with Gasteiger partial charge in [-0.3, -0.25) is 0 Å². The highest BCUT2D eigenvalue weighted by Crippen LogP contribution is 2.47. The van der Waals surface area contributed by atoms with Crippen LogP contribution >= 0.6 is 0 Å². The minimum absolute atomic E-state index is 0.863. The maximum Gasteiger partial charge on any atom is 0.143 e. The van der Waals surface area contributed by atoms with Gasteiger partial charge in [0.1, 0.15) is 22.7 Å². The summed E-state index contributed by atoms with van der Waals surface area (Å²) in [5.74, 6) is 1.74. The van der Waals surface area contributed by atoms with Gasteiger partial charge in [0, 0.05) is 38.2 Å². The molecule has 0 aliphatic heterocycles. The first-order valence-electron chi connectivity index (χ1n) is 13.5. The van der Waals surface area contributed by atoms with E-state index in [1.807, 2.05) is 18.2 Å². The summed E-state index contributed by atoms with van der Waals surface area (Å²) in [7, 11) is 0. The van der Waals surface area contributed by atoms with Gasteiger partial charge in [0.15, 0.2) is 0 Å². The first-order valence-corrected chi connectivity index (χ1v) is 13.5. The Kier molecular flexibility index (Phi) is 5.17. The molecule has 0 N–H and O–H groups in total. The van der Waals surface area contributed by atoms with Crippen molar-refractivity contribution in [2.75, 3.05) is 0 Å². The molecule has 0 fully saturated rings. The number of fused-ring (bicyclic) bond motifs is 4. The molecular formula is C38H24O2. The Morgan fingerprint density at radius 2 is 0.950 bits per heavy atom. The van der Waals surface area contributed by atoms with Crippen LogP contribution in [0.3, 0.4) is 0 Å². The van der Waals surface area contributed by atoms with Gasteiger partial charge in [-0.05, 0) is 41.0 Å². The van der Waals surface area contributed by atoms with Crippen molar-refractivity contribution in [1.82, 2.24) is 0 Å². The Balaban J connectivity index is 1.42. The van der Waals surface area contributed by atoms with Crippen molar-refractivity contribution in [3.05, 3.63) is 146 Å². The molecule has 2 heterocycles. The van der Waals surface area contributed by atoms with Crippen LogP contribution < -0.4 is 0 Å². The number of furan rings is 2. The Bertz CT molecular complexity index is 2150. The zero-order valence-electron chi connectivity index (χ0n) is 21.7. The van der Waals surface area contributed by atoms with E-state index >= 15 is 0 Å². The average Bonchev–Trinajstić information content (AvgIpc) is 3.60. The predicted octanol–water partition coefficient (Wildman–Crippen LogP) is 11.0. The van der Waals surface area contributed by atoms with Gasteiger partial charge in [0.25, 0.3) is 0 Å². The molecule has 0 spiro atoms. The summed E-state index contributed by atoms with van der Waals surface area (Å²) in [6.45, 7) is 0. The Labute approximate surface area is 231 Å². The highest BCUT2D eigenvalue weighted by molar-refractivity contribution is 6.17. The van der Waals surface area contributed by atoms with Crippen LogP contribution in [0.4, 0.5) is 0 Å². The van der Waals surface area contributed by atoms with Crippen molar-refractivity contribution in [1.29, 1.82) is 0 Å². The minimum Gasteiger partial charge on any atom is -0.456 e. The molecule has 6 aromatic carbocycles. The van der Waals surface area contributed by atoms with Crippen LogP contribution in [0.15, 0.2) is 154 Å². The fraction of sp³-hybridized carbons (Fsp3) is 0. The fourth-order valence-electron chi connectivity index (χ4n) is 5.89. The van der Waals surface area contributed by atoms with Crippen LogP contribution in [0.2, 0.25) is 0 Å². The van der Waals surface area contributed by atoms with E-state index in [4.69, 9.17) is 8.83 Å². The maximum absolute atomic E-state index is 6.90. The highest BCUT2D eigenvalue weighted by Gasteiger charge is 2.23. The van der Waals surface area contributed by atoms with E-state index in [-0.39, 0.29) is 0 Å². The van der Waals surface area contributed by atoms with Crippen LogP contribution in [0.1, 0.15) is 0 Å². The first-order chi connectivity index (χ1) is 19.8. The number of benzene rings is 6. The van der Waals surface area contributed by atoms with Crippen LogP contribution in [-0.4, -0.2) is 0 Å². The molecule has 0 radical (unpaired) electrons. The molecule has 2 heteroatoms. The van der Waals surface area contributed by atoms with Crippen molar-refractivity contribution in [3.63, 3.8) is 0 Å². The lowest BCUT2D eigenvalue weighted by Crippen LogP contribution is -1.86. The van der Waals surface area contributed by atoms with Gasteiger partial charge >= 0.3 is 0 Å². The molecule has 2 aromatic heterocycles. The Morgan fingerprint density at radius 1 is 0.350 bits per heavy atom. The van der Waals surface area contributed by atoms with Gasteiger partial charge in [-0.25, -0.2) is 0 Å². The molecule has 8 aromatic rings. The van der Waals surface area contributed by atoms with E-state index in [1.54, 1.807) is 0 Å². The standard InChI is InChI=1S/C38H24O2/c1-3-12-25(13-4-1)27-16-11-17-28(24-27)37-29-18-7-8-19-30(29)38(40-37)32-22-23-34-36(31-20-9-10-21-33(31)39-34)35(32)26-14-5-2-6-15-26/h1-24H. The molecule has 40 heavy (non-hydrogen) atoms. The zero-order chi connectivity index (χ0) is 26.5. The monoisotopic (exact) mass is 512 g/mol. The molecule has 0 saturated carbocycles. The molecule has 0 atom stereocenters. The second kappa shape index (κ2) is 9.14. The molecular weight excluding hydrogens is 488 g/mol. The number of hydrogen-bond acceptors (Lipinski definition) is 2. The summed E-state index contributed by atoms with van der Waals surface area (Å²) >= 11 is 0. The zero-order valence-corrected chi connectivity index (χ0v) is 21.7. The van der Waals surface area contributed by atoms with E-state index in [1.165, 1.54) is 5.56 Å². The molecule has 0 amide bonds. The number of para-hydroxylation sites is 1. The van der Waals surface area contributed by atoms with Crippen molar-refractivity contribution in [2.24, 2.45) is 0 Å². The number of rotatable bonds is 4. The van der Waals surface area contributed by atoms with Gasteiger partial charge in [-0.15, -0.1) is 0 Å². The maximum atomic E-state index is 6.90. The van der Waals surface area contributed by atoms with Gasteiger partial charge in [-0.2, -0.15) is 0 Å². The molecule has 0 unspecified atom stereocenters. The SMILES string of the molecule is c1ccc(-c2cccc(-c3oc(-c4ccc5oc6ccccc6c5c4-c4ccccc4)c4ccccc34)c2)cc1. The molecule has 0 bridgehead atoms. The molecule has 0 aliphatic rings. The van der Waals surface area contributed by atoms with Gasteiger partial charge in [-0.1, -0.05) is 121 Å². The van der Waals surface area contributed by atoms with Crippen LogP contribution in [0.25, 0.3) is 77.6 Å². The van der Waals surface area contributed by atoms with Gasteiger partial charge in [0.05, 0.1) is 0 Å². The molecule has 188 valence electrons. The summed E-state index contributed by atoms with van der Waals surface area (Å²) in [5.41, 5.74) is 8.45. The number of hydrogen-bond donors (Lipinski definition) is 0. The summed E-state index contributed by atoms with van der Waals surface area (Å²) in [6, 6.07) is 50.6. The van der Waals surface area contributed by atoms with Crippen molar-refractivity contribution in [3.8, 4) is 44.9 Å². The van der Waals surface area contributed by atoms with Gasteiger partial charge in [0.2, 0.25) is 0 Å². The fourth-order valence-corrected chi connectivity index (χ4v) is 5.89. The summed E-state index contributed by atoms with van der Waals surface area (Å²) in [6.07, 6.45) is 0. The lowest BCUT2D eigenvalue weighted by Gasteiger charge is -2.11. The average molecular weight is 513 g/mol.